The van der Waals surface area contributed by atoms with Crippen LogP contribution >= 0.6 is 0 Å². The molecule has 0 bridgehead atoms. The lowest BCUT2D eigenvalue weighted by atomic mass is 9.98. The van der Waals surface area contributed by atoms with E-state index in [-0.39, 0.29) is 18.0 Å². The molecule has 1 atom stereocenters. The van der Waals surface area contributed by atoms with Crippen LogP contribution in [0, 0.1) is 0 Å². The second kappa shape index (κ2) is 10.4. The van der Waals surface area contributed by atoms with Gasteiger partial charge in [-0.25, -0.2) is 0 Å². The Bertz CT molecular complexity index is 840. The van der Waals surface area contributed by atoms with Gasteiger partial charge in [0, 0.05) is 17.7 Å². The summed E-state index contributed by atoms with van der Waals surface area (Å²) < 4.78 is 5.18. The number of ether oxygens (including phenoxy) is 1. The Morgan fingerprint density at radius 3 is 1.97 bits per heavy atom. The van der Waals surface area contributed by atoms with Crippen LogP contribution in [0.2, 0.25) is 0 Å². The van der Waals surface area contributed by atoms with Crippen LogP contribution in [0.5, 0.6) is 5.75 Å². The summed E-state index contributed by atoms with van der Waals surface area (Å²) in [5.74, 6) is 0.893. The van der Waals surface area contributed by atoms with Gasteiger partial charge in [-0.05, 0) is 31.0 Å². The van der Waals surface area contributed by atoms with Gasteiger partial charge in [-0.15, -0.1) is 0 Å². The summed E-state index contributed by atoms with van der Waals surface area (Å²) in [7, 11) is 1.66. The number of carbonyl (C=O) groups is 1. The zero-order chi connectivity index (χ0) is 20.5. The first-order valence-corrected chi connectivity index (χ1v) is 10.0. The molecular weight excluding hydrogens is 360 g/mol. The van der Waals surface area contributed by atoms with E-state index in [0.29, 0.717) is 6.54 Å². The van der Waals surface area contributed by atoms with E-state index in [0.717, 1.165) is 12.2 Å². The number of nitrogens with one attached hydrogen (secondary N) is 1. The standard InChI is InChI=1S/C25H28N2O2/c1-19(25(28)26-18-17-20-13-15-23(29-2)16-14-20)27-24(21-9-5-3-6-10-21)22-11-7-4-8-12-22/h3-16,19,24,27H,17-18H2,1-2H3,(H,26,28)/p+1/t19-/m1/s1. The minimum Gasteiger partial charge on any atom is -0.497 e. The van der Waals surface area contributed by atoms with Crippen molar-refractivity contribution in [1.29, 1.82) is 0 Å². The molecule has 3 aromatic carbocycles. The minimum atomic E-state index is -0.198. The zero-order valence-electron chi connectivity index (χ0n) is 17.0. The second-order valence-electron chi connectivity index (χ2n) is 7.17. The lowest BCUT2D eigenvalue weighted by Gasteiger charge is -2.20. The Balaban J connectivity index is 1.58. The van der Waals surface area contributed by atoms with Crippen LogP contribution in [-0.2, 0) is 11.2 Å². The molecule has 150 valence electrons. The number of amides is 1. The van der Waals surface area contributed by atoms with E-state index >= 15 is 0 Å². The van der Waals surface area contributed by atoms with Gasteiger partial charge in [-0.2, -0.15) is 0 Å². The molecule has 0 unspecified atom stereocenters. The topological polar surface area (TPSA) is 54.9 Å². The van der Waals surface area contributed by atoms with Crippen LogP contribution in [0.15, 0.2) is 84.9 Å². The summed E-state index contributed by atoms with van der Waals surface area (Å²) in [6.45, 7) is 2.58. The summed E-state index contributed by atoms with van der Waals surface area (Å²) >= 11 is 0. The van der Waals surface area contributed by atoms with Crippen molar-refractivity contribution < 1.29 is 14.8 Å². The summed E-state index contributed by atoms with van der Waals surface area (Å²) in [5, 5.41) is 5.20. The normalized spacial score (nSPS) is 11.8. The Kier molecular flexibility index (Phi) is 7.42. The van der Waals surface area contributed by atoms with Crippen molar-refractivity contribution in [3.63, 3.8) is 0 Å². The van der Waals surface area contributed by atoms with E-state index in [1.54, 1.807) is 7.11 Å². The number of benzene rings is 3. The van der Waals surface area contributed by atoms with Crippen LogP contribution in [0.4, 0.5) is 0 Å². The lowest BCUT2D eigenvalue weighted by Crippen LogP contribution is -2.92. The molecule has 29 heavy (non-hydrogen) atoms. The first kappa shape index (κ1) is 20.6. The number of hydrogen-bond acceptors (Lipinski definition) is 2. The lowest BCUT2D eigenvalue weighted by molar-refractivity contribution is -0.704. The highest BCUT2D eigenvalue weighted by Crippen LogP contribution is 2.18. The summed E-state index contributed by atoms with van der Waals surface area (Å²) in [6, 6.07) is 28.5. The number of methoxy groups -OCH3 is 1. The third-order valence-corrected chi connectivity index (χ3v) is 5.08. The van der Waals surface area contributed by atoms with Crippen molar-refractivity contribution in [3.05, 3.63) is 102 Å². The highest BCUT2D eigenvalue weighted by Gasteiger charge is 2.24. The van der Waals surface area contributed by atoms with E-state index in [2.05, 4.69) is 34.9 Å². The fraction of sp³-hybridized carbons (Fsp3) is 0.240. The van der Waals surface area contributed by atoms with Crippen molar-refractivity contribution in [2.75, 3.05) is 13.7 Å². The maximum atomic E-state index is 12.7. The van der Waals surface area contributed by atoms with E-state index in [1.807, 2.05) is 67.6 Å². The largest absolute Gasteiger partial charge is 0.497 e. The fourth-order valence-electron chi connectivity index (χ4n) is 3.39. The smallest absolute Gasteiger partial charge is 0.277 e. The maximum absolute atomic E-state index is 12.7. The first-order valence-electron chi connectivity index (χ1n) is 10.0. The van der Waals surface area contributed by atoms with Gasteiger partial charge in [0.15, 0.2) is 6.04 Å². The number of carbonyl (C=O) groups excluding carboxylic acids is 1. The van der Waals surface area contributed by atoms with Crippen LogP contribution < -0.4 is 15.4 Å². The summed E-state index contributed by atoms with van der Waals surface area (Å²) in [5.41, 5.74) is 3.56. The SMILES string of the molecule is COc1ccc(CCNC(=O)[C@@H](C)[NH2+]C(c2ccccc2)c2ccccc2)cc1. The molecule has 4 heteroatoms. The van der Waals surface area contributed by atoms with Crippen molar-refractivity contribution in [3.8, 4) is 5.75 Å². The molecule has 0 heterocycles. The molecule has 0 aliphatic carbocycles. The van der Waals surface area contributed by atoms with Gasteiger partial charge in [0.2, 0.25) is 0 Å². The van der Waals surface area contributed by atoms with Gasteiger partial charge in [-0.1, -0.05) is 72.8 Å². The van der Waals surface area contributed by atoms with Gasteiger partial charge in [0.1, 0.15) is 11.8 Å². The van der Waals surface area contributed by atoms with Crippen molar-refractivity contribution in [2.24, 2.45) is 0 Å². The monoisotopic (exact) mass is 389 g/mol. The van der Waals surface area contributed by atoms with Crippen LogP contribution in [0.25, 0.3) is 0 Å². The van der Waals surface area contributed by atoms with E-state index in [1.165, 1.54) is 16.7 Å². The van der Waals surface area contributed by atoms with Crippen LogP contribution in [0.3, 0.4) is 0 Å². The van der Waals surface area contributed by atoms with Crippen LogP contribution in [-0.4, -0.2) is 25.6 Å². The third-order valence-electron chi connectivity index (χ3n) is 5.08. The fourth-order valence-corrected chi connectivity index (χ4v) is 3.39. The predicted octanol–water partition coefficient (Wildman–Crippen LogP) is 3.10. The molecule has 0 fully saturated rings. The highest BCUT2D eigenvalue weighted by molar-refractivity contribution is 5.79. The maximum Gasteiger partial charge on any atom is 0.277 e. The van der Waals surface area contributed by atoms with Gasteiger partial charge >= 0.3 is 0 Å². The van der Waals surface area contributed by atoms with Gasteiger partial charge in [0.25, 0.3) is 5.91 Å². The molecule has 0 aliphatic rings. The molecule has 3 aromatic rings. The number of quaternary nitrogens is 1. The Morgan fingerprint density at radius 1 is 0.897 bits per heavy atom. The Hall–Kier alpha value is -3.11. The van der Waals surface area contributed by atoms with Crippen molar-refractivity contribution in [1.82, 2.24) is 5.32 Å². The zero-order valence-corrected chi connectivity index (χ0v) is 17.0. The molecule has 3 N–H and O–H groups in total. The molecule has 3 rings (SSSR count). The second-order valence-corrected chi connectivity index (χ2v) is 7.17. The third kappa shape index (κ3) is 5.93. The molecule has 0 radical (unpaired) electrons. The molecular formula is C25H29N2O2+. The molecule has 0 saturated heterocycles. The number of rotatable bonds is 9. The van der Waals surface area contributed by atoms with Gasteiger partial charge < -0.3 is 15.4 Å². The van der Waals surface area contributed by atoms with E-state index in [9.17, 15) is 4.79 Å². The van der Waals surface area contributed by atoms with E-state index in [4.69, 9.17) is 4.74 Å². The minimum absolute atomic E-state index is 0.0513. The predicted molar refractivity (Wildman–Crippen MR) is 116 cm³/mol. The first-order chi connectivity index (χ1) is 14.2. The van der Waals surface area contributed by atoms with Gasteiger partial charge in [-0.3, -0.25) is 4.79 Å². The Labute approximate surface area is 172 Å². The average molecular weight is 390 g/mol. The Morgan fingerprint density at radius 2 is 1.45 bits per heavy atom. The quantitative estimate of drug-likeness (QED) is 0.591. The molecule has 0 spiro atoms. The number of hydrogen-bond donors (Lipinski definition) is 2. The van der Waals surface area contributed by atoms with Crippen molar-refractivity contribution >= 4 is 5.91 Å². The summed E-state index contributed by atoms with van der Waals surface area (Å²) in [6.07, 6.45) is 0.795. The van der Waals surface area contributed by atoms with Crippen LogP contribution in [0.1, 0.15) is 29.7 Å². The molecule has 0 aliphatic heterocycles. The van der Waals surface area contributed by atoms with Gasteiger partial charge in [0.05, 0.1) is 7.11 Å². The molecule has 0 aromatic heterocycles. The molecule has 1 amide bonds. The van der Waals surface area contributed by atoms with E-state index < -0.39 is 0 Å². The average Bonchev–Trinajstić information content (AvgIpc) is 2.79. The summed E-state index contributed by atoms with van der Waals surface area (Å²) in [4.78, 5) is 12.7. The molecule has 0 saturated carbocycles. The van der Waals surface area contributed by atoms with Crippen molar-refractivity contribution in [2.45, 2.75) is 25.4 Å². The number of nitrogens with two attached hydrogens (primary N) is 1. The molecule has 4 nitrogen and oxygen atoms in total. The highest BCUT2D eigenvalue weighted by atomic mass is 16.5.